The van der Waals surface area contributed by atoms with Crippen LogP contribution in [-0.2, 0) is 80.6 Å². The van der Waals surface area contributed by atoms with Crippen LogP contribution >= 0.6 is 0 Å². The summed E-state index contributed by atoms with van der Waals surface area (Å²) in [6, 6.07) is 0. The average molecular weight is 1660 g/mol. The highest BCUT2D eigenvalue weighted by atomic mass is 16.8. The molecule has 0 aromatic rings. The third-order valence-corrected chi connectivity index (χ3v) is 29.1. The molecule has 8 aliphatic heterocycles. The second-order valence-corrected chi connectivity index (χ2v) is 36.4. The van der Waals surface area contributed by atoms with Crippen molar-refractivity contribution in [2.75, 3.05) is 39.6 Å². The second kappa shape index (κ2) is 34.7. The van der Waals surface area contributed by atoms with Crippen LogP contribution in [0.5, 0.6) is 0 Å². The van der Waals surface area contributed by atoms with Crippen LogP contribution in [0.25, 0.3) is 0 Å². The molecule has 0 bridgehead atoms. The van der Waals surface area contributed by atoms with Crippen molar-refractivity contribution in [1.82, 2.24) is 0 Å². The maximum absolute atomic E-state index is 16.2. The quantitative estimate of drug-likeness (QED) is 0.0306. The molecule has 13 aliphatic rings. The number of hydrogen-bond donors (Lipinski definition) is 22. The van der Waals surface area contributed by atoms with Crippen molar-refractivity contribution in [3.63, 3.8) is 0 Å². The molecule has 13 rings (SSSR count). The molecule has 8 heterocycles. The summed E-state index contributed by atoms with van der Waals surface area (Å²) in [5.74, 6) is -1.53. The molecule has 0 amide bonds. The molecule has 0 spiro atoms. The van der Waals surface area contributed by atoms with Crippen LogP contribution in [0.1, 0.15) is 127 Å². The lowest BCUT2D eigenvalue weighted by Gasteiger charge is -2.71. The van der Waals surface area contributed by atoms with E-state index in [4.69, 9.17) is 75.8 Å². The standard InChI is InChI=1S/C76H124O39/c1-27-40(82)46(88)52(94)63(103-27)110-57-29(3)105-65(56(98)50(57)92)112-59-42(84)32(80)23-100-67(59)109-39-13-14-72(6)37(73(39,7)26-79)12-15-75(9)38(72)11-10-30-31-20-71(4,5)16-18-76(31,19-17-74(30,75)8)70(99)115-69-61(114-68-60(43(85)33(81)24-101-68)113-66-54(96)48(90)44(86)34(21-77)106-66)49(91)45(87)36(108-69)25-102-62-55(97)51(93)58(35(22-78)107-62)111-64-53(95)47(89)41(83)28(2)104-64/h10,27-29,31-69,77-98H,11-26H2,1-9H3/t27-,28-,29-,31+,32-,33-,34+,35+,36+,37-,38-,39+,40-,41-,42-,43-,44+,45+,46+,47+,48-,49-,50-,51+,52+,53+,54+,55+,56+,57-,58+,59+,60+,61+,62+,63+,64+,65+,66-,67+,68+,69-,72+,73+,74-,75-,76+/m1/s1. The van der Waals surface area contributed by atoms with Crippen LogP contribution in [0.2, 0.25) is 0 Å². The number of fused-ring (bicyclic) bond motifs is 7. The van der Waals surface area contributed by atoms with Gasteiger partial charge < -0.3 is 188 Å². The van der Waals surface area contributed by atoms with E-state index >= 15 is 4.79 Å². The van der Waals surface area contributed by atoms with Gasteiger partial charge in [-0.15, -0.1) is 0 Å². The average Bonchev–Trinajstić information content (AvgIpc) is 0.673. The van der Waals surface area contributed by atoms with Gasteiger partial charge in [0.15, 0.2) is 50.1 Å². The molecule has 115 heavy (non-hydrogen) atoms. The lowest BCUT2D eigenvalue weighted by Crippen LogP contribution is -2.67. The molecule has 4 saturated carbocycles. The number of aliphatic hydroxyl groups is 22. The number of hydrogen-bond acceptors (Lipinski definition) is 39. The molecule has 0 aromatic carbocycles. The fourth-order valence-corrected chi connectivity index (χ4v) is 21.6. The van der Waals surface area contributed by atoms with Gasteiger partial charge in [0, 0.05) is 5.41 Å². The third-order valence-electron chi connectivity index (χ3n) is 29.1. The van der Waals surface area contributed by atoms with Crippen molar-refractivity contribution in [3.8, 4) is 0 Å². The van der Waals surface area contributed by atoms with E-state index in [2.05, 4.69) is 40.7 Å². The number of ether oxygens (including phenoxy) is 16. The molecular weight excluding hydrogens is 1540 g/mol. The summed E-state index contributed by atoms with van der Waals surface area (Å²) in [7, 11) is 0. The van der Waals surface area contributed by atoms with E-state index in [1.54, 1.807) is 0 Å². The fraction of sp³-hybridized carbons (Fsp3) is 0.961. The van der Waals surface area contributed by atoms with Crippen LogP contribution in [0.3, 0.4) is 0 Å². The Morgan fingerprint density at radius 3 is 1.44 bits per heavy atom. The highest BCUT2D eigenvalue weighted by Crippen LogP contribution is 2.76. The van der Waals surface area contributed by atoms with Crippen molar-refractivity contribution in [1.29, 1.82) is 0 Å². The van der Waals surface area contributed by atoms with Gasteiger partial charge in [-0.25, -0.2) is 0 Å². The fourth-order valence-electron chi connectivity index (χ4n) is 21.6. The Balaban J connectivity index is 0.744. The Kier molecular flexibility index (Phi) is 27.3. The van der Waals surface area contributed by atoms with Crippen molar-refractivity contribution in [2.24, 2.45) is 50.2 Å². The molecule has 0 radical (unpaired) electrons. The van der Waals surface area contributed by atoms with E-state index in [0.29, 0.717) is 51.4 Å². The Hall–Kier alpha value is -2.27. The molecule has 8 saturated heterocycles. The van der Waals surface area contributed by atoms with E-state index in [-0.39, 0.29) is 43.3 Å². The van der Waals surface area contributed by atoms with Gasteiger partial charge in [-0.3, -0.25) is 4.79 Å². The predicted molar refractivity (Wildman–Crippen MR) is 379 cm³/mol. The van der Waals surface area contributed by atoms with Crippen LogP contribution in [0, 0.1) is 50.2 Å². The third kappa shape index (κ3) is 16.1. The molecule has 22 N–H and O–H groups in total. The van der Waals surface area contributed by atoms with Crippen molar-refractivity contribution in [3.05, 3.63) is 11.6 Å². The highest BCUT2D eigenvalue weighted by Gasteiger charge is 2.71. The second-order valence-electron chi connectivity index (χ2n) is 36.4. The number of aliphatic hydroxyl groups excluding tert-OH is 22. The first-order valence-corrected chi connectivity index (χ1v) is 40.4. The molecule has 0 unspecified atom stereocenters. The Morgan fingerprint density at radius 1 is 0.417 bits per heavy atom. The van der Waals surface area contributed by atoms with Gasteiger partial charge in [-0.05, 0) is 124 Å². The van der Waals surface area contributed by atoms with Crippen LogP contribution in [0.15, 0.2) is 11.6 Å². The zero-order valence-electron chi connectivity index (χ0n) is 65.9. The highest BCUT2D eigenvalue weighted by molar-refractivity contribution is 5.79. The minimum absolute atomic E-state index is 0.0307. The number of rotatable bonds is 20. The van der Waals surface area contributed by atoms with Gasteiger partial charge in [0.1, 0.15) is 159 Å². The summed E-state index contributed by atoms with van der Waals surface area (Å²) in [4.78, 5) is 16.2. The van der Waals surface area contributed by atoms with Crippen molar-refractivity contribution in [2.45, 2.75) is 366 Å². The zero-order chi connectivity index (χ0) is 83.7. The number of carbonyl (C=O) groups is 1. The number of esters is 1. The molecule has 12 fully saturated rings. The molecule has 39 nitrogen and oxygen atoms in total. The molecule has 5 aliphatic carbocycles. The van der Waals surface area contributed by atoms with Gasteiger partial charge in [0.05, 0.1) is 69.5 Å². The van der Waals surface area contributed by atoms with E-state index in [1.165, 1.54) is 20.8 Å². The monoisotopic (exact) mass is 1660 g/mol. The first-order valence-electron chi connectivity index (χ1n) is 40.4. The summed E-state index contributed by atoms with van der Waals surface area (Å²) in [6.07, 6.45) is -59.1. The minimum atomic E-state index is -2.18. The SMILES string of the molecule is C[C@H]1O[C@@H](O[C@@H]2[C@@H](O)[C@H](O)[C@@H](OC[C@@H]3O[C@H](OC(=O)[C@]45CCC(C)(C)C[C@H]4C4=CC[C@@H]6[C@@]7(C)CC[C@H](O[C@@H]8OC[C@@H](O)[C@@H](O)[C@@H]8O[C@@H]8O[C@H](C)[C@@H](O[C@@H]9O[C@H](C)[C@@H](O)[C@H](O)[C@@H]9O)[C@H](O)[C@@H]8O)[C@@](C)(CO)[C@@H]7CC[C@@]6(C)[C@]4(C)CC5)[C@@H](O[C@@H]4OC[C@@H](O)[C@@H](O)[C@@H]4O[C@H]4O[C@@H](CO)[C@H](O)[C@@H](O)[C@@H]4O)[C@H](O)[C@H]3O)O[C@H]2CO)[C@@H](O)[C@@H](O)[C@@H]1O. The lowest BCUT2D eigenvalue weighted by molar-refractivity contribution is -0.385. The van der Waals surface area contributed by atoms with Crippen LogP contribution < -0.4 is 0 Å². The Bertz CT molecular complexity index is 3290. The van der Waals surface area contributed by atoms with E-state index in [0.717, 1.165) is 5.57 Å². The maximum atomic E-state index is 16.2. The largest absolute Gasteiger partial charge is 0.432 e. The van der Waals surface area contributed by atoms with E-state index in [1.807, 2.05) is 6.92 Å². The van der Waals surface area contributed by atoms with Crippen molar-refractivity contribution >= 4 is 5.97 Å². The van der Waals surface area contributed by atoms with Gasteiger partial charge >= 0.3 is 5.97 Å². The number of allylic oxidation sites excluding steroid dienone is 2. The van der Waals surface area contributed by atoms with Gasteiger partial charge in [-0.2, -0.15) is 0 Å². The molecule has 662 valence electrons. The molecule has 0 aromatic heterocycles. The Labute approximate surface area is 664 Å². The number of carbonyl (C=O) groups excluding carboxylic acids is 1. The van der Waals surface area contributed by atoms with Crippen LogP contribution in [0.4, 0.5) is 0 Å². The predicted octanol–water partition coefficient (Wildman–Crippen LogP) is -7.41. The first-order chi connectivity index (χ1) is 54.0. The minimum Gasteiger partial charge on any atom is -0.432 e. The Morgan fingerprint density at radius 2 is 0.870 bits per heavy atom. The topological polar surface area (TPSA) is 610 Å². The smallest absolute Gasteiger partial charge is 0.315 e. The van der Waals surface area contributed by atoms with Gasteiger partial charge in [-0.1, -0.05) is 53.2 Å². The lowest BCUT2D eigenvalue weighted by atomic mass is 9.33. The van der Waals surface area contributed by atoms with E-state index < -0.39 is 305 Å². The summed E-state index contributed by atoms with van der Waals surface area (Å²) in [5.41, 5.74) is -3.14. The summed E-state index contributed by atoms with van der Waals surface area (Å²) < 4.78 is 96.7. The molecule has 47 atom stereocenters. The first kappa shape index (κ1) is 90.5. The normalized spacial score (nSPS) is 55.5. The molecule has 39 heteroatoms. The summed E-state index contributed by atoms with van der Waals surface area (Å²) in [6.45, 7) is 13.3. The van der Waals surface area contributed by atoms with Crippen molar-refractivity contribution < 1.29 is 193 Å². The molecular formula is C76H124O39. The van der Waals surface area contributed by atoms with Gasteiger partial charge in [0.2, 0.25) is 6.29 Å². The zero-order valence-corrected chi connectivity index (χ0v) is 65.9. The van der Waals surface area contributed by atoms with E-state index in [9.17, 15) is 112 Å². The summed E-state index contributed by atoms with van der Waals surface area (Å²) >= 11 is 0. The maximum Gasteiger partial charge on any atom is 0.315 e. The van der Waals surface area contributed by atoms with Crippen LogP contribution in [-0.4, -0.2) is 397 Å². The van der Waals surface area contributed by atoms with Gasteiger partial charge in [0.25, 0.3) is 0 Å². The summed E-state index contributed by atoms with van der Waals surface area (Å²) in [5, 5.41) is 243.